The van der Waals surface area contributed by atoms with Gasteiger partial charge in [0.15, 0.2) is 11.2 Å². The fourth-order valence-corrected chi connectivity index (χ4v) is 1.66. The topological polar surface area (TPSA) is 83.5 Å². The molecule has 3 rings (SSSR count). The second-order valence-corrected chi connectivity index (χ2v) is 3.09. The Morgan fingerprint density at radius 1 is 1.36 bits per heavy atom. The van der Waals surface area contributed by atoms with Crippen LogP contribution in [0, 0.1) is 0 Å². The van der Waals surface area contributed by atoms with Crippen LogP contribution in [-0.2, 0) is 6.54 Å². The lowest BCUT2D eigenvalue weighted by Crippen LogP contribution is -2.23. The summed E-state index contributed by atoms with van der Waals surface area (Å²) in [6.45, 7) is 0.626. The van der Waals surface area contributed by atoms with Gasteiger partial charge in [0.1, 0.15) is 5.82 Å². The maximum Gasteiger partial charge on any atom is 0.327 e. The number of hydrogen-bond acceptors (Lipinski definition) is 3. The van der Waals surface area contributed by atoms with E-state index < -0.39 is 11.2 Å². The average Bonchev–Trinajstić information content (AvgIpc) is 2.60. The fourth-order valence-electron chi connectivity index (χ4n) is 1.66. The number of H-pyrrole nitrogens is 2. The van der Waals surface area contributed by atoms with Crippen LogP contribution in [0.25, 0.3) is 17.2 Å². The molecule has 6 heteroatoms. The Hall–Kier alpha value is -2.11. The summed E-state index contributed by atoms with van der Waals surface area (Å²) in [6.07, 6.45) is 3.73. The van der Waals surface area contributed by atoms with E-state index in [-0.39, 0.29) is 0 Å². The molecule has 0 spiro atoms. The molecule has 0 amide bonds. The molecule has 0 aromatic carbocycles. The fraction of sp³-hybridized carbons (Fsp3) is 0.125. The highest BCUT2D eigenvalue weighted by atomic mass is 16.2. The van der Waals surface area contributed by atoms with E-state index in [0.29, 0.717) is 23.5 Å². The highest BCUT2D eigenvalue weighted by Gasteiger charge is 2.14. The van der Waals surface area contributed by atoms with Crippen molar-refractivity contribution >= 4 is 17.2 Å². The van der Waals surface area contributed by atoms with Gasteiger partial charge in [0.05, 0.1) is 0 Å². The second-order valence-electron chi connectivity index (χ2n) is 3.09. The first-order valence-electron chi connectivity index (χ1n) is 4.15. The van der Waals surface area contributed by atoms with Gasteiger partial charge in [-0.3, -0.25) is 14.8 Å². The lowest BCUT2D eigenvalue weighted by atomic mass is 10.5. The molecule has 6 nitrogen and oxygen atoms in total. The van der Waals surface area contributed by atoms with E-state index >= 15 is 0 Å². The molecule has 0 fully saturated rings. The Balaban J connectivity index is 2.60. The zero-order valence-electron chi connectivity index (χ0n) is 7.07. The SMILES string of the molecule is O=c1[nH]c(=O)c2c(nc3n2CC=C3)[nH]1. The molecule has 0 saturated carbocycles. The van der Waals surface area contributed by atoms with Gasteiger partial charge >= 0.3 is 5.69 Å². The van der Waals surface area contributed by atoms with Crippen molar-refractivity contribution in [1.82, 2.24) is 19.5 Å². The van der Waals surface area contributed by atoms with E-state index in [0.717, 1.165) is 0 Å². The van der Waals surface area contributed by atoms with Crippen molar-refractivity contribution in [2.75, 3.05) is 0 Å². The van der Waals surface area contributed by atoms with Gasteiger partial charge in [0, 0.05) is 6.54 Å². The molecule has 2 N–H and O–H groups in total. The lowest BCUT2D eigenvalue weighted by Gasteiger charge is -1.94. The standard InChI is InChI=1S/C8H6N4O2/c13-7-5-6(10-8(14)11-7)9-4-2-1-3-12(4)5/h1-2H,3H2,(H2,10,11,13,14). The van der Waals surface area contributed by atoms with Gasteiger partial charge in [-0.25, -0.2) is 9.78 Å². The molecule has 1 aliphatic heterocycles. The van der Waals surface area contributed by atoms with Crippen molar-refractivity contribution in [2.24, 2.45) is 0 Å². The maximum absolute atomic E-state index is 11.5. The number of rotatable bonds is 0. The molecule has 0 unspecified atom stereocenters. The van der Waals surface area contributed by atoms with Gasteiger partial charge in [-0.2, -0.15) is 0 Å². The Kier molecular flexibility index (Phi) is 1.16. The third-order valence-corrected chi connectivity index (χ3v) is 2.23. The summed E-state index contributed by atoms with van der Waals surface area (Å²) in [6, 6.07) is 0. The first kappa shape index (κ1) is 7.31. The number of nitrogens with one attached hydrogen (secondary N) is 2. The van der Waals surface area contributed by atoms with Crippen LogP contribution in [0.15, 0.2) is 15.7 Å². The van der Waals surface area contributed by atoms with Crippen LogP contribution in [0.5, 0.6) is 0 Å². The predicted octanol–water partition coefficient (Wildman–Crippen LogP) is -0.560. The smallest absolute Gasteiger partial charge is 0.315 e. The van der Waals surface area contributed by atoms with Gasteiger partial charge in [0.25, 0.3) is 5.56 Å². The third-order valence-electron chi connectivity index (χ3n) is 2.23. The van der Waals surface area contributed by atoms with E-state index in [4.69, 9.17) is 0 Å². The molecule has 0 saturated heterocycles. The Morgan fingerprint density at radius 2 is 2.21 bits per heavy atom. The lowest BCUT2D eigenvalue weighted by molar-refractivity contribution is 0.860. The molecule has 1 aliphatic rings. The molecule has 2 aromatic heterocycles. The zero-order valence-corrected chi connectivity index (χ0v) is 7.07. The highest BCUT2D eigenvalue weighted by Crippen LogP contribution is 2.15. The predicted molar refractivity (Wildman–Crippen MR) is 50.0 cm³/mol. The second kappa shape index (κ2) is 2.22. The van der Waals surface area contributed by atoms with Crippen molar-refractivity contribution in [2.45, 2.75) is 6.54 Å². The largest absolute Gasteiger partial charge is 0.327 e. The summed E-state index contributed by atoms with van der Waals surface area (Å²) in [4.78, 5) is 31.2. The minimum absolute atomic E-state index is 0.345. The molecule has 2 aromatic rings. The van der Waals surface area contributed by atoms with Gasteiger partial charge in [-0.05, 0) is 6.08 Å². The number of nitrogens with zero attached hydrogens (tertiary/aromatic N) is 2. The Bertz CT molecular complexity index is 658. The normalized spacial score (nSPS) is 13.7. The van der Waals surface area contributed by atoms with Crippen LogP contribution in [0.3, 0.4) is 0 Å². The van der Waals surface area contributed by atoms with Crippen LogP contribution < -0.4 is 11.2 Å². The maximum atomic E-state index is 11.5. The van der Waals surface area contributed by atoms with E-state index in [1.807, 2.05) is 12.2 Å². The number of imidazole rings is 1. The van der Waals surface area contributed by atoms with Crippen molar-refractivity contribution in [3.05, 3.63) is 32.7 Å². The van der Waals surface area contributed by atoms with Crippen LogP contribution in [-0.4, -0.2) is 19.5 Å². The molecule has 70 valence electrons. The summed E-state index contributed by atoms with van der Waals surface area (Å²) in [5.41, 5.74) is -0.155. The molecule has 3 heterocycles. The van der Waals surface area contributed by atoms with Crippen molar-refractivity contribution in [3.8, 4) is 0 Å². The van der Waals surface area contributed by atoms with Crippen LogP contribution in [0.2, 0.25) is 0 Å². The van der Waals surface area contributed by atoms with Gasteiger partial charge in [0.2, 0.25) is 0 Å². The number of fused-ring (bicyclic) bond motifs is 3. The van der Waals surface area contributed by atoms with Gasteiger partial charge in [-0.15, -0.1) is 0 Å². The van der Waals surface area contributed by atoms with E-state index in [1.165, 1.54) is 0 Å². The van der Waals surface area contributed by atoms with Gasteiger partial charge in [-0.1, -0.05) is 6.08 Å². The molecular weight excluding hydrogens is 184 g/mol. The summed E-state index contributed by atoms with van der Waals surface area (Å²) in [5.74, 6) is 0.701. The number of aromatic nitrogens is 4. The number of allylic oxidation sites excluding steroid dienone is 1. The molecule has 0 radical (unpaired) electrons. The Morgan fingerprint density at radius 3 is 3.07 bits per heavy atom. The molecule has 0 aliphatic carbocycles. The first-order chi connectivity index (χ1) is 6.75. The minimum Gasteiger partial charge on any atom is -0.315 e. The van der Waals surface area contributed by atoms with E-state index in [2.05, 4.69) is 15.0 Å². The van der Waals surface area contributed by atoms with Crippen molar-refractivity contribution < 1.29 is 0 Å². The van der Waals surface area contributed by atoms with Crippen LogP contribution in [0.4, 0.5) is 0 Å². The first-order valence-corrected chi connectivity index (χ1v) is 4.15. The summed E-state index contributed by atoms with van der Waals surface area (Å²) in [7, 11) is 0. The number of hydrogen-bond donors (Lipinski definition) is 2. The molecule has 14 heavy (non-hydrogen) atoms. The molecular formula is C8H6N4O2. The van der Waals surface area contributed by atoms with E-state index in [1.54, 1.807) is 4.57 Å². The summed E-state index contributed by atoms with van der Waals surface area (Å²) < 4.78 is 1.75. The number of aromatic amines is 2. The van der Waals surface area contributed by atoms with Crippen LogP contribution >= 0.6 is 0 Å². The highest BCUT2D eigenvalue weighted by molar-refractivity contribution is 5.73. The van der Waals surface area contributed by atoms with E-state index in [9.17, 15) is 9.59 Å². The van der Waals surface area contributed by atoms with Crippen LogP contribution in [0.1, 0.15) is 5.82 Å². The monoisotopic (exact) mass is 190 g/mol. The molecule has 0 bridgehead atoms. The van der Waals surface area contributed by atoms with Crippen molar-refractivity contribution in [3.63, 3.8) is 0 Å². The quantitative estimate of drug-likeness (QED) is 0.584. The van der Waals surface area contributed by atoms with Crippen molar-refractivity contribution in [1.29, 1.82) is 0 Å². The molecule has 0 atom stereocenters. The summed E-state index contributed by atoms with van der Waals surface area (Å²) >= 11 is 0. The Labute approximate surface area is 76.9 Å². The average molecular weight is 190 g/mol. The van der Waals surface area contributed by atoms with Gasteiger partial charge < -0.3 is 4.57 Å². The minimum atomic E-state index is -0.525. The third kappa shape index (κ3) is 0.769. The summed E-state index contributed by atoms with van der Waals surface area (Å²) in [5, 5.41) is 0. The zero-order chi connectivity index (χ0) is 9.71.